The summed E-state index contributed by atoms with van der Waals surface area (Å²) in [5.74, 6) is -1.02. The molecule has 3 N–H and O–H groups in total. The van der Waals surface area contributed by atoms with Gasteiger partial charge in [-0.15, -0.1) is 0 Å². The van der Waals surface area contributed by atoms with Crippen molar-refractivity contribution in [2.24, 2.45) is 0 Å². The van der Waals surface area contributed by atoms with Crippen molar-refractivity contribution in [3.63, 3.8) is 0 Å². The summed E-state index contributed by atoms with van der Waals surface area (Å²) in [4.78, 5) is 0. The number of nitrogen functional groups attached to an aromatic ring is 1. The van der Waals surface area contributed by atoms with E-state index in [4.69, 9.17) is 5.73 Å². The van der Waals surface area contributed by atoms with Crippen LogP contribution in [0.4, 0.5) is 10.3 Å². The van der Waals surface area contributed by atoms with Gasteiger partial charge in [0.05, 0.1) is 0 Å². The van der Waals surface area contributed by atoms with Gasteiger partial charge in [0.1, 0.15) is 5.69 Å². The summed E-state index contributed by atoms with van der Waals surface area (Å²) in [6, 6.07) is 4.27. The zero-order valence-electron chi connectivity index (χ0n) is 7.99. The van der Waals surface area contributed by atoms with Crippen LogP contribution in [-0.2, 0) is 0 Å². The Kier molecular flexibility index (Phi) is 2.07. The first-order chi connectivity index (χ1) is 7.08. The average molecular weight is 208 g/mol. The number of aromatic nitrogens is 1. The summed E-state index contributed by atoms with van der Waals surface area (Å²) in [5, 5.41) is 13.1. The lowest BCUT2D eigenvalue weighted by molar-refractivity contribution is 0.427. The highest BCUT2D eigenvalue weighted by molar-refractivity contribution is 5.69. The highest BCUT2D eigenvalue weighted by atomic mass is 19.1. The van der Waals surface area contributed by atoms with Crippen LogP contribution in [0, 0.1) is 12.7 Å². The first kappa shape index (κ1) is 9.51. The number of aryl methyl sites for hydroxylation is 1. The number of nitrogens with zero attached hydrogens (tertiary/aromatic N) is 1. The largest absolute Gasteiger partial charge is 0.504 e. The van der Waals surface area contributed by atoms with Gasteiger partial charge in [0, 0.05) is 11.6 Å². The normalized spacial score (nSPS) is 10.5. The van der Waals surface area contributed by atoms with Gasteiger partial charge in [0.25, 0.3) is 0 Å². The monoisotopic (exact) mass is 208 g/mol. The van der Waals surface area contributed by atoms with E-state index in [9.17, 15) is 9.50 Å². The van der Waals surface area contributed by atoms with Gasteiger partial charge in [-0.1, -0.05) is 5.16 Å². The Morgan fingerprint density at radius 3 is 2.73 bits per heavy atom. The predicted molar refractivity (Wildman–Crippen MR) is 52.7 cm³/mol. The van der Waals surface area contributed by atoms with Crippen molar-refractivity contribution in [2.75, 3.05) is 5.73 Å². The van der Waals surface area contributed by atoms with Gasteiger partial charge in [-0.2, -0.15) is 0 Å². The second-order valence-corrected chi connectivity index (χ2v) is 3.26. The Labute approximate surface area is 85.1 Å². The van der Waals surface area contributed by atoms with Crippen molar-refractivity contribution in [2.45, 2.75) is 6.92 Å². The molecule has 0 aliphatic rings. The van der Waals surface area contributed by atoms with E-state index in [1.165, 1.54) is 12.1 Å². The standard InChI is InChI=1S/C10H9FN2O2/c1-5-2-6(10(14)7(11)3-5)8-4-9(12)15-13-8/h2-4,14H,12H2,1H3. The molecule has 0 bridgehead atoms. The molecule has 5 heteroatoms. The van der Waals surface area contributed by atoms with Gasteiger partial charge >= 0.3 is 0 Å². The molecule has 4 nitrogen and oxygen atoms in total. The van der Waals surface area contributed by atoms with E-state index in [1.54, 1.807) is 13.0 Å². The van der Waals surface area contributed by atoms with Crippen LogP contribution in [0.25, 0.3) is 11.3 Å². The maximum Gasteiger partial charge on any atom is 0.222 e. The first-order valence-corrected chi connectivity index (χ1v) is 4.29. The summed E-state index contributed by atoms with van der Waals surface area (Å²) >= 11 is 0. The molecule has 0 saturated carbocycles. The lowest BCUT2D eigenvalue weighted by Gasteiger charge is -2.03. The van der Waals surface area contributed by atoms with Gasteiger partial charge < -0.3 is 15.4 Å². The summed E-state index contributed by atoms with van der Waals surface area (Å²) in [6.45, 7) is 1.72. The summed E-state index contributed by atoms with van der Waals surface area (Å²) in [6.07, 6.45) is 0. The summed E-state index contributed by atoms with van der Waals surface area (Å²) < 4.78 is 17.8. The molecule has 15 heavy (non-hydrogen) atoms. The summed E-state index contributed by atoms with van der Waals surface area (Å²) in [7, 11) is 0. The van der Waals surface area contributed by atoms with Crippen molar-refractivity contribution in [1.82, 2.24) is 5.16 Å². The Morgan fingerprint density at radius 2 is 2.13 bits per heavy atom. The van der Waals surface area contributed by atoms with E-state index in [1.807, 2.05) is 0 Å². The maximum atomic E-state index is 13.2. The van der Waals surface area contributed by atoms with E-state index in [0.717, 1.165) is 0 Å². The topological polar surface area (TPSA) is 72.3 Å². The number of hydrogen-bond donors (Lipinski definition) is 2. The molecule has 0 amide bonds. The van der Waals surface area contributed by atoms with Crippen molar-refractivity contribution >= 4 is 5.88 Å². The van der Waals surface area contributed by atoms with E-state index < -0.39 is 11.6 Å². The minimum absolute atomic E-state index is 0.117. The van der Waals surface area contributed by atoms with Crippen LogP contribution in [0.5, 0.6) is 5.75 Å². The molecule has 1 heterocycles. The fourth-order valence-corrected chi connectivity index (χ4v) is 1.35. The molecule has 0 aliphatic heterocycles. The van der Waals surface area contributed by atoms with E-state index in [2.05, 4.69) is 9.68 Å². The van der Waals surface area contributed by atoms with Crippen molar-refractivity contribution in [3.05, 3.63) is 29.6 Å². The van der Waals surface area contributed by atoms with Crippen molar-refractivity contribution < 1.29 is 14.0 Å². The molecule has 1 aromatic carbocycles. The number of rotatable bonds is 1. The van der Waals surface area contributed by atoms with Crippen molar-refractivity contribution in [3.8, 4) is 17.0 Å². The van der Waals surface area contributed by atoms with Gasteiger partial charge in [0.2, 0.25) is 5.88 Å². The zero-order chi connectivity index (χ0) is 11.0. The highest BCUT2D eigenvalue weighted by Crippen LogP contribution is 2.32. The van der Waals surface area contributed by atoms with Crippen LogP contribution in [0.1, 0.15) is 5.56 Å². The van der Waals surface area contributed by atoms with Crippen LogP contribution < -0.4 is 5.73 Å². The molecule has 2 rings (SSSR count). The third kappa shape index (κ3) is 1.63. The third-order valence-corrected chi connectivity index (χ3v) is 2.01. The zero-order valence-corrected chi connectivity index (χ0v) is 7.99. The number of halogens is 1. The smallest absolute Gasteiger partial charge is 0.222 e. The molecule has 0 spiro atoms. The lowest BCUT2D eigenvalue weighted by Crippen LogP contribution is -1.86. The summed E-state index contributed by atoms with van der Waals surface area (Å²) in [5.41, 5.74) is 6.60. The minimum atomic E-state index is -0.688. The van der Waals surface area contributed by atoms with Crippen LogP contribution in [-0.4, -0.2) is 10.3 Å². The minimum Gasteiger partial charge on any atom is -0.504 e. The molecule has 2 aromatic rings. The number of phenols is 1. The van der Waals surface area contributed by atoms with Gasteiger partial charge in [-0.05, 0) is 24.6 Å². The molecule has 0 unspecified atom stereocenters. The van der Waals surface area contributed by atoms with E-state index in [-0.39, 0.29) is 11.4 Å². The maximum absolute atomic E-state index is 13.2. The highest BCUT2D eigenvalue weighted by Gasteiger charge is 2.13. The second-order valence-electron chi connectivity index (χ2n) is 3.26. The Hall–Kier alpha value is -2.04. The van der Waals surface area contributed by atoms with E-state index in [0.29, 0.717) is 11.3 Å². The quantitative estimate of drug-likeness (QED) is 0.752. The molecular formula is C10H9FN2O2. The van der Waals surface area contributed by atoms with Crippen LogP contribution in [0.3, 0.4) is 0 Å². The Balaban J connectivity index is 2.62. The number of hydrogen-bond acceptors (Lipinski definition) is 4. The molecule has 0 atom stereocenters. The van der Waals surface area contributed by atoms with E-state index >= 15 is 0 Å². The molecular weight excluding hydrogens is 199 g/mol. The lowest BCUT2D eigenvalue weighted by atomic mass is 10.1. The molecule has 78 valence electrons. The first-order valence-electron chi connectivity index (χ1n) is 4.29. The van der Waals surface area contributed by atoms with Crippen LogP contribution in [0.2, 0.25) is 0 Å². The Bertz CT molecular complexity index is 508. The average Bonchev–Trinajstić information content (AvgIpc) is 2.58. The SMILES string of the molecule is Cc1cc(F)c(O)c(-c2cc(N)on2)c1. The molecule has 0 radical (unpaired) electrons. The Morgan fingerprint density at radius 1 is 1.40 bits per heavy atom. The third-order valence-electron chi connectivity index (χ3n) is 2.01. The fraction of sp³-hybridized carbons (Fsp3) is 0.100. The predicted octanol–water partition coefficient (Wildman–Crippen LogP) is 2.08. The van der Waals surface area contributed by atoms with Crippen LogP contribution in [0.15, 0.2) is 22.7 Å². The molecule has 0 aliphatic carbocycles. The number of nitrogens with two attached hydrogens (primary N) is 1. The fourth-order valence-electron chi connectivity index (χ4n) is 1.35. The van der Waals surface area contributed by atoms with Gasteiger partial charge in [-0.3, -0.25) is 0 Å². The number of aromatic hydroxyl groups is 1. The van der Waals surface area contributed by atoms with Crippen LogP contribution >= 0.6 is 0 Å². The molecule has 0 saturated heterocycles. The number of anilines is 1. The van der Waals surface area contributed by atoms with Gasteiger partial charge in [0.15, 0.2) is 11.6 Å². The number of phenolic OH excluding ortho intramolecular Hbond substituents is 1. The molecule has 1 aromatic heterocycles. The molecule has 0 fully saturated rings. The second kappa shape index (κ2) is 3.27. The van der Waals surface area contributed by atoms with Gasteiger partial charge in [-0.25, -0.2) is 4.39 Å². The number of benzene rings is 1. The van der Waals surface area contributed by atoms with Crippen molar-refractivity contribution in [1.29, 1.82) is 0 Å².